The first-order valence-corrected chi connectivity index (χ1v) is 6.68. The van der Waals surface area contributed by atoms with E-state index in [1.54, 1.807) is 32.9 Å². The van der Waals surface area contributed by atoms with Gasteiger partial charge in [-0.3, -0.25) is 4.79 Å². The van der Waals surface area contributed by atoms with Gasteiger partial charge in [0.25, 0.3) is 0 Å². The molecule has 0 saturated carbocycles. The second kappa shape index (κ2) is 6.58. The van der Waals surface area contributed by atoms with Gasteiger partial charge in [0.15, 0.2) is 0 Å². The Balaban J connectivity index is 2.69. The van der Waals surface area contributed by atoms with Gasteiger partial charge >= 0.3 is 5.97 Å². The molecular formula is C15H22N2O4. The third-order valence-corrected chi connectivity index (χ3v) is 3.13. The van der Waals surface area contributed by atoms with Crippen LogP contribution in [0.25, 0.3) is 0 Å². The molecule has 0 aliphatic carbocycles. The number of nitrogens with two attached hydrogens (primary N) is 1. The van der Waals surface area contributed by atoms with Crippen LogP contribution in [0.1, 0.15) is 26.3 Å². The third-order valence-electron chi connectivity index (χ3n) is 3.13. The van der Waals surface area contributed by atoms with E-state index in [2.05, 4.69) is 5.32 Å². The molecule has 1 aromatic carbocycles. The zero-order valence-corrected chi connectivity index (χ0v) is 12.5. The molecule has 0 spiro atoms. The third kappa shape index (κ3) is 5.07. The summed E-state index contributed by atoms with van der Waals surface area (Å²) in [5, 5.41) is 20.8. The molecule has 5 N–H and O–H groups in total. The maximum atomic E-state index is 12.0. The maximum absolute atomic E-state index is 12.0. The average Bonchev–Trinajstić information content (AvgIpc) is 2.36. The largest absolute Gasteiger partial charge is 0.508 e. The van der Waals surface area contributed by atoms with E-state index < -0.39 is 29.4 Å². The highest BCUT2D eigenvalue weighted by Crippen LogP contribution is 2.19. The second-order valence-corrected chi connectivity index (χ2v) is 6.12. The Morgan fingerprint density at radius 2 is 1.76 bits per heavy atom. The van der Waals surface area contributed by atoms with Gasteiger partial charge in [-0.2, -0.15) is 0 Å². The summed E-state index contributed by atoms with van der Waals surface area (Å²) in [6.45, 7) is 5.20. The summed E-state index contributed by atoms with van der Waals surface area (Å²) >= 11 is 0. The average molecular weight is 294 g/mol. The van der Waals surface area contributed by atoms with Crippen molar-refractivity contribution in [3.63, 3.8) is 0 Å². The molecule has 2 atom stereocenters. The number of nitrogens with one attached hydrogen (secondary N) is 1. The number of carboxylic acids is 1. The van der Waals surface area contributed by atoms with E-state index in [4.69, 9.17) is 5.73 Å². The van der Waals surface area contributed by atoms with Gasteiger partial charge in [0.05, 0.1) is 6.04 Å². The molecule has 0 radical (unpaired) electrons. The lowest BCUT2D eigenvalue weighted by Crippen LogP contribution is -2.54. The molecule has 0 aliphatic rings. The second-order valence-electron chi connectivity index (χ2n) is 6.12. The minimum Gasteiger partial charge on any atom is -0.508 e. The van der Waals surface area contributed by atoms with Gasteiger partial charge < -0.3 is 21.3 Å². The fourth-order valence-electron chi connectivity index (χ4n) is 1.88. The van der Waals surface area contributed by atoms with Crippen LogP contribution in [0.3, 0.4) is 0 Å². The number of amides is 1. The van der Waals surface area contributed by atoms with Gasteiger partial charge in [-0.15, -0.1) is 0 Å². The highest BCUT2D eigenvalue weighted by Gasteiger charge is 2.33. The Labute approximate surface area is 124 Å². The number of phenolic OH excluding ortho intramolecular Hbond substituents is 1. The molecule has 0 bridgehead atoms. The first-order chi connectivity index (χ1) is 9.61. The van der Waals surface area contributed by atoms with Crippen molar-refractivity contribution in [2.24, 2.45) is 11.1 Å². The van der Waals surface area contributed by atoms with Crippen molar-refractivity contribution in [1.29, 1.82) is 0 Å². The lowest BCUT2D eigenvalue weighted by atomic mass is 9.86. The number of rotatable bonds is 5. The molecule has 0 aliphatic heterocycles. The monoisotopic (exact) mass is 294 g/mol. The van der Waals surface area contributed by atoms with Crippen LogP contribution in [-0.2, 0) is 16.0 Å². The van der Waals surface area contributed by atoms with Gasteiger partial charge in [0.2, 0.25) is 5.91 Å². The summed E-state index contributed by atoms with van der Waals surface area (Å²) < 4.78 is 0. The van der Waals surface area contributed by atoms with Crippen LogP contribution in [0.15, 0.2) is 24.3 Å². The highest BCUT2D eigenvalue weighted by molar-refractivity contribution is 5.87. The Kier molecular flexibility index (Phi) is 5.32. The van der Waals surface area contributed by atoms with E-state index in [9.17, 15) is 19.8 Å². The van der Waals surface area contributed by atoms with Crippen LogP contribution < -0.4 is 11.1 Å². The number of aliphatic carboxylic acids is 1. The van der Waals surface area contributed by atoms with E-state index in [-0.39, 0.29) is 12.2 Å². The number of carbonyl (C=O) groups excluding carboxylic acids is 1. The van der Waals surface area contributed by atoms with Crippen molar-refractivity contribution in [1.82, 2.24) is 5.32 Å². The number of carbonyl (C=O) groups is 2. The highest BCUT2D eigenvalue weighted by atomic mass is 16.4. The summed E-state index contributed by atoms with van der Waals surface area (Å²) in [4.78, 5) is 23.2. The lowest BCUT2D eigenvalue weighted by molar-refractivity contribution is -0.145. The molecule has 1 unspecified atom stereocenters. The SMILES string of the molecule is CC(C)(C)[C@@H](NC(=O)C(N)Cc1ccc(O)cc1)C(=O)O. The van der Waals surface area contributed by atoms with E-state index in [0.717, 1.165) is 5.56 Å². The number of phenols is 1. The van der Waals surface area contributed by atoms with Crippen molar-refractivity contribution < 1.29 is 19.8 Å². The molecular weight excluding hydrogens is 272 g/mol. The van der Waals surface area contributed by atoms with Gasteiger partial charge in [0.1, 0.15) is 11.8 Å². The van der Waals surface area contributed by atoms with Crippen LogP contribution in [0.4, 0.5) is 0 Å². The first-order valence-electron chi connectivity index (χ1n) is 6.68. The zero-order valence-electron chi connectivity index (χ0n) is 12.5. The summed E-state index contributed by atoms with van der Waals surface area (Å²) in [7, 11) is 0. The van der Waals surface area contributed by atoms with Gasteiger partial charge in [-0.25, -0.2) is 4.79 Å². The molecule has 0 aromatic heterocycles. The van der Waals surface area contributed by atoms with Crippen molar-refractivity contribution in [3.05, 3.63) is 29.8 Å². The van der Waals surface area contributed by atoms with Crippen molar-refractivity contribution in [3.8, 4) is 5.75 Å². The number of carboxylic acid groups (broad SMARTS) is 1. The number of hydrogen-bond donors (Lipinski definition) is 4. The van der Waals surface area contributed by atoms with Crippen LogP contribution in [-0.4, -0.2) is 34.2 Å². The van der Waals surface area contributed by atoms with E-state index in [1.807, 2.05) is 0 Å². The molecule has 0 heterocycles. The van der Waals surface area contributed by atoms with Gasteiger partial charge in [-0.05, 0) is 29.5 Å². The first kappa shape index (κ1) is 17.0. The maximum Gasteiger partial charge on any atom is 0.326 e. The van der Waals surface area contributed by atoms with Crippen molar-refractivity contribution in [2.75, 3.05) is 0 Å². The molecule has 6 nitrogen and oxygen atoms in total. The summed E-state index contributed by atoms with van der Waals surface area (Å²) in [5.74, 6) is -1.46. The molecule has 1 rings (SSSR count). The van der Waals surface area contributed by atoms with Crippen LogP contribution in [0.5, 0.6) is 5.75 Å². The summed E-state index contributed by atoms with van der Waals surface area (Å²) in [5.41, 5.74) is 5.99. The lowest BCUT2D eigenvalue weighted by Gasteiger charge is -2.28. The zero-order chi connectivity index (χ0) is 16.2. The Morgan fingerprint density at radius 3 is 2.19 bits per heavy atom. The number of benzene rings is 1. The Morgan fingerprint density at radius 1 is 1.24 bits per heavy atom. The molecule has 6 heteroatoms. The molecule has 21 heavy (non-hydrogen) atoms. The molecule has 1 aromatic rings. The summed E-state index contributed by atoms with van der Waals surface area (Å²) in [6.07, 6.45) is 0.266. The van der Waals surface area contributed by atoms with Gasteiger partial charge in [-0.1, -0.05) is 32.9 Å². The predicted molar refractivity (Wildman–Crippen MR) is 78.8 cm³/mol. The van der Waals surface area contributed by atoms with Crippen molar-refractivity contribution >= 4 is 11.9 Å². The smallest absolute Gasteiger partial charge is 0.326 e. The molecule has 0 fully saturated rings. The number of hydrogen-bond acceptors (Lipinski definition) is 4. The van der Waals surface area contributed by atoms with Crippen LogP contribution in [0.2, 0.25) is 0 Å². The van der Waals surface area contributed by atoms with E-state index >= 15 is 0 Å². The fourth-order valence-corrected chi connectivity index (χ4v) is 1.88. The molecule has 116 valence electrons. The predicted octanol–water partition coefficient (Wildman–Crippen LogP) is 0.877. The quantitative estimate of drug-likeness (QED) is 0.644. The van der Waals surface area contributed by atoms with Crippen LogP contribution >= 0.6 is 0 Å². The van der Waals surface area contributed by atoms with Gasteiger partial charge in [0, 0.05) is 0 Å². The minimum atomic E-state index is -1.09. The van der Waals surface area contributed by atoms with E-state index in [0.29, 0.717) is 0 Å². The Bertz CT molecular complexity index is 505. The molecule has 1 amide bonds. The topological polar surface area (TPSA) is 113 Å². The van der Waals surface area contributed by atoms with E-state index in [1.165, 1.54) is 12.1 Å². The number of aromatic hydroxyl groups is 1. The van der Waals surface area contributed by atoms with Crippen LogP contribution in [0, 0.1) is 5.41 Å². The summed E-state index contributed by atoms with van der Waals surface area (Å²) in [6, 6.07) is 4.50. The Hall–Kier alpha value is -2.08. The fraction of sp³-hybridized carbons (Fsp3) is 0.467. The van der Waals surface area contributed by atoms with Crippen molar-refractivity contribution in [2.45, 2.75) is 39.3 Å². The minimum absolute atomic E-state index is 0.135. The molecule has 0 saturated heterocycles. The normalized spacial score (nSPS) is 14.3. The standard InChI is InChI=1S/C15H22N2O4/c1-15(2,3)12(14(20)21)17-13(19)11(16)8-9-4-6-10(18)7-5-9/h4-7,11-12,18H,8,16H2,1-3H3,(H,17,19)(H,20,21)/t11?,12-/m0/s1.